The Morgan fingerprint density at radius 3 is 1.68 bits per heavy atom. The van der Waals surface area contributed by atoms with Crippen LogP contribution in [0.2, 0.25) is 0 Å². The Morgan fingerprint density at radius 1 is 0.625 bits per heavy atom. The van der Waals surface area contributed by atoms with Crippen molar-refractivity contribution in [1.82, 2.24) is 0 Å². The van der Waals surface area contributed by atoms with E-state index in [0.29, 0.717) is 12.8 Å². The molecule has 6 atom stereocenters. The Morgan fingerprint density at radius 2 is 1.12 bits per heavy atom. The summed E-state index contributed by atoms with van der Waals surface area (Å²) >= 11 is 0. The molecule has 13 heteroatoms. The lowest BCUT2D eigenvalue weighted by Gasteiger charge is -2.40. The molecule has 12 nitrogen and oxygen atoms in total. The van der Waals surface area contributed by atoms with Crippen LogP contribution in [0.4, 0.5) is 0 Å². The van der Waals surface area contributed by atoms with Gasteiger partial charge in [-0.05, 0) is 51.4 Å². The normalized spacial score (nSPS) is 21.1. The van der Waals surface area contributed by atoms with E-state index >= 15 is 0 Å². The molecule has 0 saturated carbocycles. The Hall–Kier alpha value is -2.39. The lowest BCUT2D eigenvalue weighted by Crippen LogP contribution is -2.60. The van der Waals surface area contributed by atoms with Gasteiger partial charge in [-0.15, -0.1) is 0 Å². The molecule has 0 spiro atoms. The van der Waals surface area contributed by atoms with Gasteiger partial charge in [-0.2, -0.15) is 8.42 Å². The fraction of sp³-hybridized carbons (Fsp3) is 0.767. The topological polar surface area (TPSA) is 186 Å². The molecule has 1 rings (SSSR count). The van der Waals surface area contributed by atoms with Crippen LogP contribution in [0, 0.1) is 0 Å². The van der Waals surface area contributed by atoms with Gasteiger partial charge >= 0.3 is 11.9 Å². The van der Waals surface area contributed by atoms with Crippen LogP contribution in [0.5, 0.6) is 0 Å². The maximum absolute atomic E-state index is 12.8. The zero-order valence-electron chi connectivity index (χ0n) is 34.2. The Bertz CT molecular complexity index is 1230. The van der Waals surface area contributed by atoms with Crippen molar-refractivity contribution < 1.29 is 56.8 Å². The second kappa shape index (κ2) is 33.6. The van der Waals surface area contributed by atoms with Gasteiger partial charge in [0.05, 0.1) is 6.61 Å². The molecule has 324 valence electrons. The number of allylic oxidation sites excluding steroid dienone is 8. The first-order valence-corrected chi connectivity index (χ1v) is 22.8. The van der Waals surface area contributed by atoms with Crippen LogP contribution in [0.15, 0.2) is 48.6 Å². The summed E-state index contributed by atoms with van der Waals surface area (Å²) in [7, 11) is -4.60. The van der Waals surface area contributed by atoms with Crippen molar-refractivity contribution in [1.29, 1.82) is 0 Å². The number of carbonyl (C=O) groups is 2. The predicted octanol–water partition coefficient (Wildman–Crippen LogP) is 8.00. The molecule has 1 aliphatic heterocycles. The predicted molar refractivity (Wildman–Crippen MR) is 219 cm³/mol. The van der Waals surface area contributed by atoms with E-state index in [2.05, 4.69) is 62.5 Å². The second-order valence-corrected chi connectivity index (χ2v) is 16.1. The average Bonchev–Trinajstić information content (AvgIpc) is 3.16. The fourth-order valence-electron chi connectivity index (χ4n) is 6.14. The Balaban J connectivity index is 2.50. The van der Waals surface area contributed by atoms with Gasteiger partial charge in [0, 0.05) is 12.8 Å². The molecule has 6 unspecified atom stereocenters. The van der Waals surface area contributed by atoms with Gasteiger partial charge in [0.25, 0.3) is 10.1 Å². The minimum atomic E-state index is -4.60. The van der Waals surface area contributed by atoms with Crippen LogP contribution < -0.4 is 0 Å². The zero-order chi connectivity index (χ0) is 41.3. The molecule has 1 heterocycles. The van der Waals surface area contributed by atoms with E-state index in [9.17, 15) is 37.9 Å². The first-order chi connectivity index (χ1) is 27.0. The molecule has 0 bridgehead atoms. The molecular formula is C43H74O12S. The van der Waals surface area contributed by atoms with Crippen LogP contribution >= 0.6 is 0 Å². The van der Waals surface area contributed by atoms with E-state index in [0.717, 1.165) is 70.6 Å². The third-order valence-corrected chi connectivity index (χ3v) is 10.2. The molecule has 56 heavy (non-hydrogen) atoms. The lowest BCUT2D eigenvalue weighted by molar-refractivity contribution is -0.297. The van der Waals surface area contributed by atoms with Gasteiger partial charge < -0.3 is 34.3 Å². The molecule has 0 aromatic rings. The van der Waals surface area contributed by atoms with Gasteiger partial charge in [-0.25, -0.2) is 0 Å². The maximum Gasteiger partial charge on any atom is 0.306 e. The molecule has 0 aromatic heterocycles. The third-order valence-electron chi connectivity index (χ3n) is 9.42. The van der Waals surface area contributed by atoms with Gasteiger partial charge in [-0.3, -0.25) is 14.1 Å². The molecule has 1 saturated heterocycles. The molecule has 0 radical (unpaired) electrons. The summed E-state index contributed by atoms with van der Waals surface area (Å²) in [6, 6.07) is 0. The smallest absolute Gasteiger partial charge is 0.306 e. The van der Waals surface area contributed by atoms with E-state index in [1.807, 2.05) is 0 Å². The fourth-order valence-corrected chi connectivity index (χ4v) is 6.83. The van der Waals surface area contributed by atoms with Crippen molar-refractivity contribution in [3.05, 3.63) is 48.6 Å². The molecule has 1 aliphatic rings. The number of hydrogen-bond donors (Lipinski definition) is 4. The van der Waals surface area contributed by atoms with E-state index in [4.69, 9.17) is 18.9 Å². The van der Waals surface area contributed by atoms with Crippen molar-refractivity contribution in [2.45, 2.75) is 192 Å². The van der Waals surface area contributed by atoms with Crippen LogP contribution in [-0.2, 0) is 38.7 Å². The highest BCUT2D eigenvalue weighted by Gasteiger charge is 2.46. The minimum absolute atomic E-state index is 0.136. The number of hydrogen-bond acceptors (Lipinski definition) is 11. The number of rotatable bonds is 34. The number of aliphatic hydroxyl groups excluding tert-OH is 3. The van der Waals surface area contributed by atoms with Crippen molar-refractivity contribution in [3.63, 3.8) is 0 Å². The number of carbonyl (C=O) groups excluding carboxylic acids is 2. The van der Waals surface area contributed by atoms with Crippen molar-refractivity contribution >= 4 is 22.1 Å². The summed E-state index contributed by atoms with van der Waals surface area (Å²) < 4.78 is 53.9. The molecular weight excluding hydrogens is 741 g/mol. The van der Waals surface area contributed by atoms with E-state index < -0.39 is 71.2 Å². The molecule has 4 N–H and O–H groups in total. The number of aliphatic hydroxyl groups is 3. The first kappa shape index (κ1) is 51.6. The van der Waals surface area contributed by atoms with Crippen molar-refractivity contribution in [2.24, 2.45) is 0 Å². The van der Waals surface area contributed by atoms with Crippen LogP contribution in [0.25, 0.3) is 0 Å². The largest absolute Gasteiger partial charge is 0.462 e. The van der Waals surface area contributed by atoms with E-state index in [1.165, 1.54) is 44.9 Å². The van der Waals surface area contributed by atoms with Crippen LogP contribution in [-0.4, -0.2) is 96.0 Å². The summed E-state index contributed by atoms with van der Waals surface area (Å²) in [6.45, 7) is 3.60. The highest BCUT2D eigenvalue weighted by atomic mass is 32.2. The van der Waals surface area contributed by atoms with E-state index in [1.54, 1.807) is 0 Å². The van der Waals surface area contributed by atoms with Gasteiger partial charge in [-0.1, -0.05) is 140 Å². The summed E-state index contributed by atoms with van der Waals surface area (Å²) in [5, 5.41) is 30.8. The zero-order valence-corrected chi connectivity index (χ0v) is 35.0. The molecule has 1 fully saturated rings. The quantitative estimate of drug-likeness (QED) is 0.0213. The average molecular weight is 815 g/mol. The van der Waals surface area contributed by atoms with Crippen LogP contribution in [0.3, 0.4) is 0 Å². The van der Waals surface area contributed by atoms with Crippen molar-refractivity contribution in [2.75, 3.05) is 19.0 Å². The highest BCUT2D eigenvalue weighted by molar-refractivity contribution is 7.85. The number of esters is 2. The summed E-state index contributed by atoms with van der Waals surface area (Å²) in [4.78, 5) is 25.3. The molecule has 0 amide bonds. The second-order valence-electron chi connectivity index (χ2n) is 14.6. The van der Waals surface area contributed by atoms with Crippen LogP contribution in [0.1, 0.15) is 155 Å². The SMILES string of the molecule is CC/C=C\C/C=C\C/C=C\C/C=C\CCCCCCC(=O)OC(COC(=O)CCCCCCCCCCCCC)COC1OC(CS(=O)(=O)O)C(O)C(O)C1O. The molecule has 0 aromatic carbocycles. The standard InChI is InChI=1S/C43H74O12S/c1-3-5-7-9-11-13-15-16-17-18-19-20-22-24-26-28-30-32-39(45)54-36(33-52-38(44)31-29-27-25-23-21-14-12-10-8-6-4-2)34-53-43-42(48)41(47)40(46)37(55-43)35-56(49,50)51/h5,7,11,13,16-17,19-20,36-37,40-43,46-48H,3-4,6,8-10,12,14-15,18,21-35H2,1-2H3,(H,49,50,51)/b7-5-,13-11-,17-16-,20-19-. The molecule has 0 aliphatic carbocycles. The number of unbranched alkanes of at least 4 members (excludes halogenated alkanes) is 14. The Labute approximate surface area is 337 Å². The monoisotopic (exact) mass is 814 g/mol. The van der Waals surface area contributed by atoms with E-state index in [-0.39, 0.29) is 19.4 Å². The van der Waals surface area contributed by atoms with Gasteiger partial charge in [0.15, 0.2) is 12.4 Å². The van der Waals surface area contributed by atoms with Gasteiger partial charge in [0.1, 0.15) is 36.8 Å². The first-order valence-electron chi connectivity index (χ1n) is 21.2. The summed E-state index contributed by atoms with van der Waals surface area (Å²) in [5.41, 5.74) is 0. The Kier molecular flexibility index (Phi) is 30.9. The lowest BCUT2D eigenvalue weighted by atomic mass is 10.00. The summed E-state index contributed by atoms with van der Waals surface area (Å²) in [6.07, 6.45) is 28.8. The maximum atomic E-state index is 12.8. The van der Waals surface area contributed by atoms with Crippen molar-refractivity contribution in [3.8, 4) is 0 Å². The summed E-state index contributed by atoms with van der Waals surface area (Å²) in [5.74, 6) is -2.02. The number of ether oxygens (including phenoxy) is 4. The third kappa shape index (κ3) is 28.1. The highest BCUT2D eigenvalue weighted by Crippen LogP contribution is 2.24. The van der Waals surface area contributed by atoms with Gasteiger partial charge in [0.2, 0.25) is 0 Å². The minimum Gasteiger partial charge on any atom is -0.462 e.